The molecule has 8 nitrogen and oxygen atoms in total. The molecule has 1 fully saturated rings. The zero-order valence-electron chi connectivity index (χ0n) is 16.6. The van der Waals surface area contributed by atoms with Gasteiger partial charge in [0.25, 0.3) is 5.91 Å². The number of anilines is 1. The molecule has 8 heteroatoms. The largest absolute Gasteiger partial charge is 0.378 e. The summed E-state index contributed by atoms with van der Waals surface area (Å²) in [6.07, 6.45) is 5.43. The minimum atomic E-state index is 0.0792. The van der Waals surface area contributed by atoms with Crippen LogP contribution in [-0.2, 0) is 17.7 Å². The first-order chi connectivity index (χ1) is 13.6. The highest BCUT2D eigenvalue weighted by atomic mass is 16.5. The van der Waals surface area contributed by atoms with Gasteiger partial charge in [0.2, 0.25) is 0 Å². The predicted octanol–water partition coefficient (Wildman–Crippen LogP) is 1.94. The Balaban J connectivity index is 1.41. The highest BCUT2D eigenvalue weighted by molar-refractivity contribution is 5.95. The highest BCUT2D eigenvalue weighted by Crippen LogP contribution is 2.24. The van der Waals surface area contributed by atoms with Crippen molar-refractivity contribution in [3.63, 3.8) is 0 Å². The lowest BCUT2D eigenvalue weighted by Crippen LogP contribution is -2.41. The number of rotatable bonds is 5. The van der Waals surface area contributed by atoms with Crippen molar-refractivity contribution < 1.29 is 9.53 Å². The molecule has 0 unspecified atom stereocenters. The topological polar surface area (TPSA) is 85.2 Å². The molecule has 2 aromatic rings. The number of hydrogen-bond donors (Lipinski definition) is 1. The molecule has 1 saturated heterocycles. The normalized spacial score (nSPS) is 19.5. The molecule has 0 spiro atoms. The van der Waals surface area contributed by atoms with Gasteiger partial charge in [0.1, 0.15) is 11.6 Å². The van der Waals surface area contributed by atoms with Crippen LogP contribution in [0, 0.1) is 5.92 Å². The van der Waals surface area contributed by atoms with Gasteiger partial charge in [-0.2, -0.15) is 5.10 Å². The Labute approximate surface area is 165 Å². The van der Waals surface area contributed by atoms with E-state index in [9.17, 15) is 4.79 Å². The summed E-state index contributed by atoms with van der Waals surface area (Å²) in [4.78, 5) is 23.7. The maximum Gasteiger partial charge on any atom is 0.257 e. The fraction of sp³-hybridized carbons (Fsp3) is 0.600. The fourth-order valence-corrected chi connectivity index (χ4v) is 3.79. The van der Waals surface area contributed by atoms with Gasteiger partial charge in [-0.3, -0.25) is 9.48 Å². The summed E-state index contributed by atoms with van der Waals surface area (Å²) in [6.45, 7) is 8.38. The summed E-state index contributed by atoms with van der Waals surface area (Å²) in [6, 6.07) is 1.91. The van der Waals surface area contributed by atoms with E-state index in [0.717, 1.165) is 48.8 Å². The molecule has 0 saturated carbocycles. The van der Waals surface area contributed by atoms with Gasteiger partial charge in [-0.05, 0) is 24.8 Å². The smallest absolute Gasteiger partial charge is 0.257 e. The molecule has 1 N–H and O–H groups in total. The number of aryl methyl sites for hydroxylation is 1. The van der Waals surface area contributed by atoms with Crippen LogP contribution >= 0.6 is 0 Å². The van der Waals surface area contributed by atoms with Crippen LogP contribution in [0.15, 0.2) is 18.5 Å². The van der Waals surface area contributed by atoms with E-state index in [-0.39, 0.29) is 5.91 Å². The Bertz CT molecular complexity index is 828. The SMILES string of the molecule is CC(C)c1nccc(NC[C@H]2CCn3ncc(C(=O)N4CCOCC4)c3C2)n1. The van der Waals surface area contributed by atoms with E-state index in [4.69, 9.17) is 4.74 Å². The van der Waals surface area contributed by atoms with E-state index in [0.29, 0.717) is 38.1 Å². The number of nitrogens with one attached hydrogen (secondary N) is 1. The zero-order chi connectivity index (χ0) is 19.5. The molecule has 0 aromatic carbocycles. The van der Waals surface area contributed by atoms with Crippen LogP contribution in [0.3, 0.4) is 0 Å². The number of nitrogens with zero attached hydrogens (tertiary/aromatic N) is 5. The fourth-order valence-electron chi connectivity index (χ4n) is 3.79. The van der Waals surface area contributed by atoms with Crippen LogP contribution in [-0.4, -0.2) is 63.4 Å². The molecule has 2 aliphatic heterocycles. The second-order valence-corrected chi connectivity index (χ2v) is 7.83. The maximum absolute atomic E-state index is 12.9. The highest BCUT2D eigenvalue weighted by Gasteiger charge is 2.28. The molecular weight excluding hydrogens is 356 g/mol. The van der Waals surface area contributed by atoms with Crippen LogP contribution < -0.4 is 5.32 Å². The molecule has 0 bridgehead atoms. The summed E-state index contributed by atoms with van der Waals surface area (Å²) in [7, 11) is 0. The van der Waals surface area contributed by atoms with Gasteiger partial charge in [0.05, 0.1) is 30.7 Å². The van der Waals surface area contributed by atoms with Crippen molar-refractivity contribution in [1.29, 1.82) is 0 Å². The van der Waals surface area contributed by atoms with Gasteiger partial charge in [0, 0.05) is 38.3 Å². The van der Waals surface area contributed by atoms with Crippen LogP contribution in [0.4, 0.5) is 5.82 Å². The molecule has 1 atom stereocenters. The number of aromatic nitrogens is 4. The molecule has 2 aliphatic rings. The molecule has 1 amide bonds. The average Bonchev–Trinajstić information content (AvgIpc) is 3.16. The summed E-state index contributed by atoms with van der Waals surface area (Å²) < 4.78 is 7.35. The quantitative estimate of drug-likeness (QED) is 0.848. The molecule has 2 aromatic heterocycles. The van der Waals surface area contributed by atoms with Gasteiger partial charge >= 0.3 is 0 Å². The van der Waals surface area contributed by atoms with Gasteiger partial charge in [-0.15, -0.1) is 0 Å². The van der Waals surface area contributed by atoms with E-state index in [1.165, 1.54) is 0 Å². The monoisotopic (exact) mass is 384 g/mol. The maximum atomic E-state index is 12.9. The molecule has 0 aliphatic carbocycles. The van der Waals surface area contributed by atoms with Crippen molar-refractivity contribution in [2.75, 3.05) is 38.2 Å². The van der Waals surface area contributed by atoms with Gasteiger partial charge in [0.15, 0.2) is 0 Å². The number of carbonyl (C=O) groups is 1. The Morgan fingerprint density at radius 3 is 2.93 bits per heavy atom. The van der Waals surface area contributed by atoms with Crippen LogP contribution in [0.5, 0.6) is 0 Å². The molecule has 150 valence electrons. The van der Waals surface area contributed by atoms with E-state index in [1.54, 1.807) is 12.4 Å². The number of amides is 1. The van der Waals surface area contributed by atoms with Gasteiger partial charge < -0.3 is 15.0 Å². The van der Waals surface area contributed by atoms with Crippen molar-refractivity contribution in [3.8, 4) is 0 Å². The number of carbonyl (C=O) groups excluding carboxylic acids is 1. The summed E-state index contributed by atoms with van der Waals surface area (Å²) >= 11 is 0. The Morgan fingerprint density at radius 2 is 2.14 bits per heavy atom. The van der Waals surface area contributed by atoms with E-state index in [2.05, 4.69) is 34.2 Å². The Morgan fingerprint density at radius 1 is 1.32 bits per heavy atom. The summed E-state index contributed by atoms with van der Waals surface area (Å²) in [5, 5.41) is 7.91. The lowest BCUT2D eigenvalue weighted by molar-refractivity contribution is 0.0301. The Kier molecular flexibility index (Phi) is 5.57. The van der Waals surface area contributed by atoms with Crippen molar-refractivity contribution in [2.45, 2.75) is 39.2 Å². The van der Waals surface area contributed by atoms with Gasteiger partial charge in [-0.1, -0.05) is 13.8 Å². The number of morpholine rings is 1. The first-order valence-electron chi connectivity index (χ1n) is 10.1. The third-order valence-corrected chi connectivity index (χ3v) is 5.47. The number of ether oxygens (including phenoxy) is 1. The lowest BCUT2D eigenvalue weighted by Gasteiger charge is -2.28. The molecule has 28 heavy (non-hydrogen) atoms. The zero-order valence-corrected chi connectivity index (χ0v) is 16.6. The molecule has 0 radical (unpaired) electrons. The predicted molar refractivity (Wildman–Crippen MR) is 105 cm³/mol. The minimum absolute atomic E-state index is 0.0792. The van der Waals surface area contributed by atoms with Crippen molar-refractivity contribution in [1.82, 2.24) is 24.6 Å². The number of fused-ring (bicyclic) bond motifs is 1. The van der Waals surface area contributed by atoms with Crippen molar-refractivity contribution >= 4 is 11.7 Å². The van der Waals surface area contributed by atoms with Crippen LogP contribution in [0.1, 0.15) is 48.1 Å². The summed E-state index contributed by atoms with van der Waals surface area (Å²) in [5.41, 5.74) is 1.80. The third kappa shape index (κ3) is 4.01. The van der Waals surface area contributed by atoms with Crippen molar-refractivity contribution in [3.05, 3.63) is 35.5 Å². The van der Waals surface area contributed by atoms with Gasteiger partial charge in [-0.25, -0.2) is 9.97 Å². The average molecular weight is 384 g/mol. The van der Waals surface area contributed by atoms with Crippen LogP contribution in [0.2, 0.25) is 0 Å². The van der Waals surface area contributed by atoms with E-state index >= 15 is 0 Å². The van der Waals surface area contributed by atoms with E-state index in [1.807, 2.05) is 15.6 Å². The standard InChI is InChI=1S/C20H28N6O2/c1-14(2)19-21-5-3-18(24-19)22-12-15-4-6-26-17(11-15)16(13-23-26)20(27)25-7-9-28-10-8-25/h3,5,13-15H,4,6-12H2,1-2H3,(H,21,22,24)/t15-/m0/s1. The lowest BCUT2D eigenvalue weighted by atomic mass is 9.94. The molecule has 4 heterocycles. The third-order valence-electron chi connectivity index (χ3n) is 5.47. The second-order valence-electron chi connectivity index (χ2n) is 7.83. The minimum Gasteiger partial charge on any atom is -0.378 e. The van der Waals surface area contributed by atoms with Crippen LogP contribution in [0.25, 0.3) is 0 Å². The molecule has 4 rings (SSSR count). The molecular formula is C20H28N6O2. The Hall–Kier alpha value is -2.48. The number of hydrogen-bond acceptors (Lipinski definition) is 6. The summed E-state index contributed by atoms with van der Waals surface area (Å²) in [5.74, 6) is 2.54. The first kappa shape index (κ1) is 18.9. The second kappa shape index (κ2) is 8.26. The van der Waals surface area contributed by atoms with E-state index < -0.39 is 0 Å². The van der Waals surface area contributed by atoms with Crippen molar-refractivity contribution in [2.24, 2.45) is 5.92 Å². The first-order valence-corrected chi connectivity index (χ1v) is 10.1.